The van der Waals surface area contributed by atoms with Gasteiger partial charge in [-0.05, 0) is 32.9 Å². The molecule has 0 unspecified atom stereocenters. The molecule has 0 N–H and O–H groups in total. The van der Waals surface area contributed by atoms with Crippen LogP contribution in [0.2, 0.25) is 0 Å². The van der Waals surface area contributed by atoms with Crippen molar-refractivity contribution >= 4 is 12.0 Å². The average Bonchev–Trinajstić information content (AvgIpc) is 2.51. The van der Waals surface area contributed by atoms with E-state index in [0.717, 1.165) is 6.07 Å². The Kier molecular flexibility index (Phi) is 5.05. The maximum atomic E-state index is 13.7. The molecule has 1 heterocycles. The van der Waals surface area contributed by atoms with Crippen molar-refractivity contribution < 1.29 is 27.5 Å². The van der Waals surface area contributed by atoms with Crippen molar-refractivity contribution in [2.45, 2.75) is 26.4 Å². The fraction of sp³-hybridized carbons (Fsp3) is 0.500. The van der Waals surface area contributed by atoms with Gasteiger partial charge in [0.25, 0.3) is 5.91 Å². The van der Waals surface area contributed by atoms with E-state index in [0.29, 0.717) is 6.07 Å². The molecule has 8 heteroatoms. The third-order valence-corrected chi connectivity index (χ3v) is 3.48. The van der Waals surface area contributed by atoms with Gasteiger partial charge in [0.15, 0.2) is 17.5 Å². The van der Waals surface area contributed by atoms with Crippen molar-refractivity contribution in [3.05, 3.63) is 35.1 Å². The predicted octanol–water partition coefficient (Wildman–Crippen LogP) is 2.80. The van der Waals surface area contributed by atoms with Gasteiger partial charge in [-0.1, -0.05) is 0 Å². The number of carbonyl (C=O) groups is 2. The van der Waals surface area contributed by atoms with Crippen LogP contribution in [0.5, 0.6) is 0 Å². The largest absolute Gasteiger partial charge is 0.444 e. The van der Waals surface area contributed by atoms with Gasteiger partial charge in [0.05, 0.1) is 5.56 Å². The lowest BCUT2D eigenvalue weighted by atomic mass is 10.1. The summed E-state index contributed by atoms with van der Waals surface area (Å²) in [5, 5.41) is 0. The van der Waals surface area contributed by atoms with Gasteiger partial charge in [-0.25, -0.2) is 18.0 Å². The molecule has 24 heavy (non-hydrogen) atoms. The third-order valence-electron chi connectivity index (χ3n) is 3.48. The van der Waals surface area contributed by atoms with Crippen molar-refractivity contribution in [3.8, 4) is 0 Å². The van der Waals surface area contributed by atoms with Gasteiger partial charge in [-0.3, -0.25) is 4.79 Å². The number of amides is 2. The molecule has 2 rings (SSSR count). The Morgan fingerprint density at radius 3 is 2.04 bits per heavy atom. The molecule has 1 saturated heterocycles. The normalized spacial score (nSPS) is 15.4. The van der Waals surface area contributed by atoms with Crippen LogP contribution in [0, 0.1) is 17.5 Å². The van der Waals surface area contributed by atoms with E-state index < -0.39 is 40.6 Å². The minimum absolute atomic E-state index is 0.149. The highest BCUT2D eigenvalue weighted by Crippen LogP contribution is 2.18. The fourth-order valence-electron chi connectivity index (χ4n) is 2.28. The monoisotopic (exact) mass is 344 g/mol. The highest BCUT2D eigenvalue weighted by Gasteiger charge is 2.29. The van der Waals surface area contributed by atoms with Gasteiger partial charge in [-0.2, -0.15) is 0 Å². The quantitative estimate of drug-likeness (QED) is 0.736. The lowest BCUT2D eigenvalue weighted by molar-refractivity contribution is 0.0140. The summed E-state index contributed by atoms with van der Waals surface area (Å²) in [4.78, 5) is 26.9. The summed E-state index contributed by atoms with van der Waals surface area (Å²) in [5.41, 5.74) is -1.15. The van der Waals surface area contributed by atoms with Crippen molar-refractivity contribution in [2.24, 2.45) is 0 Å². The first kappa shape index (κ1) is 18.1. The fourth-order valence-corrected chi connectivity index (χ4v) is 2.28. The molecule has 0 atom stereocenters. The molecule has 1 aromatic carbocycles. The molecule has 1 aliphatic rings. The summed E-state index contributed by atoms with van der Waals surface area (Å²) in [7, 11) is 0. The highest BCUT2D eigenvalue weighted by atomic mass is 19.2. The van der Waals surface area contributed by atoms with Gasteiger partial charge >= 0.3 is 6.09 Å². The molecule has 0 aliphatic carbocycles. The zero-order valence-electron chi connectivity index (χ0n) is 13.7. The van der Waals surface area contributed by atoms with Crippen LogP contribution in [0.25, 0.3) is 0 Å². The topological polar surface area (TPSA) is 49.9 Å². The van der Waals surface area contributed by atoms with Crippen LogP contribution in [-0.4, -0.2) is 53.6 Å². The number of piperazine rings is 1. The summed E-state index contributed by atoms with van der Waals surface area (Å²) in [6.45, 7) is 5.97. The SMILES string of the molecule is CC(C)(C)OC(=O)N1CCN(C(=O)c2ccc(F)c(F)c2F)CC1. The molecule has 1 aliphatic heterocycles. The summed E-state index contributed by atoms with van der Waals surface area (Å²) in [5.74, 6) is -5.27. The van der Waals surface area contributed by atoms with Crippen LogP contribution < -0.4 is 0 Å². The van der Waals surface area contributed by atoms with Crippen LogP contribution in [0.15, 0.2) is 12.1 Å². The van der Waals surface area contributed by atoms with Crippen molar-refractivity contribution in [1.82, 2.24) is 9.80 Å². The first-order valence-electron chi connectivity index (χ1n) is 7.51. The van der Waals surface area contributed by atoms with E-state index in [4.69, 9.17) is 4.74 Å². The number of nitrogens with zero attached hydrogens (tertiary/aromatic N) is 2. The van der Waals surface area contributed by atoms with E-state index in [1.807, 2.05) is 0 Å². The zero-order valence-corrected chi connectivity index (χ0v) is 13.7. The molecular weight excluding hydrogens is 325 g/mol. The Balaban J connectivity index is 2.01. The Hall–Kier alpha value is -2.25. The van der Waals surface area contributed by atoms with Crippen molar-refractivity contribution in [2.75, 3.05) is 26.2 Å². The van der Waals surface area contributed by atoms with E-state index in [2.05, 4.69) is 0 Å². The number of halogens is 3. The van der Waals surface area contributed by atoms with Crippen LogP contribution in [0.3, 0.4) is 0 Å². The number of hydrogen-bond acceptors (Lipinski definition) is 3. The third kappa shape index (κ3) is 3.98. The van der Waals surface area contributed by atoms with Crippen molar-refractivity contribution in [3.63, 3.8) is 0 Å². The summed E-state index contributed by atoms with van der Waals surface area (Å²) < 4.78 is 45.1. The molecule has 132 valence electrons. The average molecular weight is 344 g/mol. The summed E-state index contributed by atoms with van der Waals surface area (Å²) in [6, 6.07) is 1.62. The molecule has 0 spiro atoms. The molecule has 0 saturated carbocycles. The number of carbonyl (C=O) groups excluding carboxylic acids is 2. The van der Waals surface area contributed by atoms with Gasteiger partial charge in [-0.15, -0.1) is 0 Å². The standard InChI is InChI=1S/C16H19F3N2O3/c1-16(2,3)24-15(23)21-8-6-20(7-9-21)14(22)10-4-5-11(17)13(19)12(10)18/h4-5H,6-9H2,1-3H3. The lowest BCUT2D eigenvalue weighted by Gasteiger charge is -2.35. The van der Waals surface area contributed by atoms with Gasteiger partial charge in [0, 0.05) is 26.2 Å². The first-order valence-corrected chi connectivity index (χ1v) is 7.51. The Bertz CT molecular complexity index is 651. The molecule has 0 radical (unpaired) electrons. The number of benzene rings is 1. The Morgan fingerprint density at radius 2 is 1.50 bits per heavy atom. The maximum absolute atomic E-state index is 13.7. The number of rotatable bonds is 1. The number of hydrogen-bond donors (Lipinski definition) is 0. The van der Waals surface area contributed by atoms with Gasteiger partial charge in [0.1, 0.15) is 5.60 Å². The zero-order chi connectivity index (χ0) is 18.1. The van der Waals surface area contributed by atoms with E-state index in [1.54, 1.807) is 20.8 Å². The van der Waals surface area contributed by atoms with E-state index in [1.165, 1.54) is 9.80 Å². The van der Waals surface area contributed by atoms with Gasteiger partial charge in [0.2, 0.25) is 0 Å². The second-order valence-corrected chi connectivity index (χ2v) is 6.48. The molecule has 1 aromatic rings. The first-order chi connectivity index (χ1) is 11.1. The molecule has 2 amide bonds. The molecule has 0 bridgehead atoms. The maximum Gasteiger partial charge on any atom is 0.410 e. The second-order valence-electron chi connectivity index (χ2n) is 6.48. The molecule has 5 nitrogen and oxygen atoms in total. The van der Waals surface area contributed by atoms with E-state index in [9.17, 15) is 22.8 Å². The minimum atomic E-state index is -1.67. The van der Waals surface area contributed by atoms with Crippen LogP contribution >= 0.6 is 0 Å². The van der Waals surface area contributed by atoms with E-state index >= 15 is 0 Å². The van der Waals surface area contributed by atoms with Gasteiger partial charge < -0.3 is 14.5 Å². The Labute approximate surface area is 138 Å². The molecule has 0 aromatic heterocycles. The lowest BCUT2D eigenvalue weighted by Crippen LogP contribution is -2.51. The summed E-state index contributed by atoms with van der Waals surface area (Å²) in [6.07, 6.45) is -0.492. The highest BCUT2D eigenvalue weighted by molar-refractivity contribution is 5.94. The second kappa shape index (κ2) is 6.70. The van der Waals surface area contributed by atoms with Crippen LogP contribution in [0.4, 0.5) is 18.0 Å². The van der Waals surface area contributed by atoms with Crippen LogP contribution in [-0.2, 0) is 4.74 Å². The number of ether oxygens (including phenoxy) is 1. The minimum Gasteiger partial charge on any atom is -0.444 e. The van der Waals surface area contributed by atoms with E-state index in [-0.39, 0.29) is 26.2 Å². The molecule has 1 fully saturated rings. The van der Waals surface area contributed by atoms with Crippen LogP contribution in [0.1, 0.15) is 31.1 Å². The molecular formula is C16H19F3N2O3. The smallest absolute Gasteiger partial charge is 0.410 e. The Morgan fingerprint density at radius 1 is 0.958 bits per heavy atom. The predicted molar refractivity (Wildman–Crippen MR) is 80.0 cm³/mol. The van der Waals surface area contributed by atoms with Crippen molar-refractivity contribution in [1.29, 1.82) is 0 Å². The summed E-state index contributed by atoms with van der Waals surface area (Å²) >= 11 is 0.